The minimum Gasteiger partial charge on any atom is -0.392 e. The Morgan fingerprint density at radius 1 is 1.37 bits per heavy atom. The first-order valence-electron chi connectivity index (χ1n) is 6.02. The van der Waals surface area contributed by atoms with E-state index in [0.29, 0.717) is 0 Å². The van der Waals surface area contributed by atoms with Gasteiger partial charge < -0.3 is 15.3 Å². The molecule has 1 aromatic carbocycles. The van der Waals surface area contributed by atoms with E-state index in [4.69, 9.17) is 0 Å². The number of aliphatic hydroxyl groups is 1. The van der Waals surface area contributed by atoms with E-state index in [1.165, 1.54) is 17.0 Å². The first-order chi connectivity index (χ1) is 8.82. The minimum absolute atomic E-state index is 0.112. The second-order valence-electron chi connectivity index (χ2n) is 4.63. The zero-order valence-corrected chi connectivity index (χ0v) is 11.2. The lowest BCUT2D eigenvalue weighted by atomic mass is 10.2. The Labute approximate surface area is 111 Å². The van der Waals surface area contributed by atoms with E-state index in [1.54, 1.807) is 20.8 Å². The van der Waals surface area contributed by atoms with Crippen molar-refractivity contribution in [2.75, 3.05) is 11.9 Å². The fourth-order valence-electron chi connectivity index (χ4n) is 1.60. The number of hydrogen-bond donors (Lipinski definition) is 2. The number of amides is 2. The Morgan fingerprint density at radius 2 is 2.00 bits per heavy atom. The summed E-state index contributed by atoms with van der Waals surface area (Å²) in [5.74, 6) is -2.12. The highest BCUT2D eigenvalue weighted by Crippen LogP contribution is 2.17. The van der Waals surface area contributed by atoms with Crippen molar-refractivity contribution < 1.29 is 18.7 Å². The number of urea groups is 1. The van der Waals surface area contributed by atoms with Crippen molar-refractivity contribution in [3.05, 3.63) is 29.8 Å². The smallest absolute Gasteiger partial charge is 0.322 e. The average Bonchev–Trinajstić information content (AvgIpc) is 2.31. The molecule has 2 N–H and O–H groups in total. The molecule has 0 saturated carbocycles. The summed E-state index contributed by atoms with van der Waals surface area (Å²) in [6, 6.07) is 2.80. The van der Waals surface area contributed by atoms with Crippen LogP contribution in [0.4, 0.5) is 19.3 Å². The van der Waals surface area contributed by atoms with Gasteiger partial charge in [0.05, 0.1) is 11.8 Å². The molecule has 2 amide bonds. The average molecular weight is 272 g/mol. The van der Waals surface area contributed by atoms with Crippen LogP contribution in [0.15, 0.2) is 18.2 Å². The highest BCUT2D eigenvalue weighted by molar-refractivity contribution is 5.89. The van der Waals surface area contributed by atoms with Crippen molar-refractivity contribution in [2.24, 2.45) is 0 Å². The fraction of sp³-hybridized carbons (Fsp3) is 0.462. The largest absolute Gasteiger partial charge is 0.392 e. The number of rotatable bonds is 4. The molecular formula is C13H18F2N2O2. The molecule has 6 heteroatoms. The van der Waals surface area contributed by atoms with Crippen molar-refractivity contribution in [1.29, 1.82) is 0 Å². The second-order valence-corrected chi connectivity index (χ2v) is 4.63. The lowest BCUT2D eigenvalue weighted by Crippen LogP contribution is -2.43. The van der Waals surface area contributed by atoms with Gasteiger partial charge in [-0.3, -0.25) is 0 Å². The zero-order valence-electron chi connectivity index (χ0n) is 11.2. The molecule has 1 unspecified atom stereocenters. The Morgan fingerprint density at radius 3 is 2.53 bits per heavy atom. The molecule has 0 bridgehead atoms. The Bertz CT molecular complexity index is 450. The van der Waals surface area contributed by atoms with Gasteiger partial charge >= 0.3 is 6.03 Å². The van der Waals surface area contributed by atoms with Gasteiger partial charge in [-0.25, -0.2) is 13.6 Å². The third-order valence-corrected chi connectivity index (χ3v) is 2.54. The van der Waals surface area contributed by atoms with Gasteiger partial charge in [-0.2, -0.15) is 0 Å². The first-order valence-corrected chi connectivity index (χ1v) is 6.02. The summed E-state index contributed by atoms with van der Waals surface area (Å²) in [7, 11) is 0. The number of halogens is 2. The summed E-state index contributed by atoms with van der Waals surface area (Å²) in [6.45, 7) is 5.19. The van der Waals surface area contributed by atoms with Gasteiger partial charge in [0.15, 0.2) is 11.6 Å². The first kappa shape index (κ1) is 15.4. The summed E-state index contributed by atoms with van der Waals surface area (Å²) in [6.07, 6.45) is -0.703. The van der Waals surface area contributed by atoms with Crippen LogP contribution in [0, 0.1) is 11.6 Å². The van der Waals surface area contributed by atoms with Gasteiger partial charge in [0.1, 0.15) is 0 Å². The molecule has 0 aliphatic heterocycles. The van der Waals surface area contributed by atoms with Crippen LogP contribution < -0.4 is 5.32 Å². The molecule has 0 spiro atoms. The molecule has 1 atom stereocenters. The summed E-state index contributed by atoms with van der Waals surface area (Å²) >= 11 is 0. The molecule has 19 heavy (non-hydrogen) atoms. The van der Waals surface area contributed by atoms with Crippen molar-refractivity contribution in [1.82, 2.24) is 4.90 Å². The Kier molecular flexibility index (Phi) is 5.23. The van der Waals surface area contributed by atoms with Crippen LogP contribution >= 0.6 is 0 Å². The van der Waals surface area contributed by atoms with Gasteiger partial charge in [-0.05, 0) is 32.9 Å². The van der Waals surface area contributed by atoms with Crippen molar-refractivity contribution in [2.45, 2.75) is 32.9 Å². The minimum atomic E-state index is -1.10. The maximum atomic E-state index is 13.4. The predicted molar refractivity (Wildman–Crippen MR) is 68.9 cm³/mol. The van der Waals surface area contributed by atoms with Crippen LogP contribution in [0.2, 0.25) is 0 Å². The number of carbonyl (C=O) groups is 1. The maximum Gasteiger partial charge on any atom is 0.322 e. The Hall–Kier alpha value is -1.69. The van der Waals surface area contributed by atoms with Gasteiger partial charge in [0, 0.05) is 12.6 Å². The third kappa shape index (κ3) is 4.17. The third-order valence-electron chi connectivity index (χ3n) is 2.54. The van der Waals surface area contributed by atoms with Crippen LogP contribution in [-0.2, 0) is 0 Å². The van der Waals surface area contributed by atoms with Crippen LogP contribution in [0.3, 0.4) is 0 Å². The molecule has 0 saturated heterocycles. The molecule has 0 heterocycles. The summed E-state index contributed by atoms with van der Waals surface area (Å²) in [4.78, 5) is 13.3. The Balaban J connectivity index is 2.84. The molecule has 1 rings (SSSR count). The normalized spacial score (nSPS) is 12.4. The van der Waals surface area contributed by atoms with Gasteiger partial charge in [-0.15, -0.1) is 0 Å². The summed E-state index contributed by atoms with van der Waals surface area (Å²) in [5.41, 5.74) is -0.221. The highest BCUT2D eigenvalue weighted by atomic mass is 19.2. The van der Waals surface area contributed by atoms with Crippen LogP contribution in [0.5, 0.6) is 0 Å². The number of carbonyl (C=O) groups excluding carboxylic acids is 1. The topological polar surface area (TPSA) is 52.6 Å². The molecule has 106 valence electrons. The summed E-state index contributed by atoms with van der Waals surface area (Å²) in [5, 5.41) is 11.6. The standard InChI is InChI=1S/C13H18F2N2O2/c1-8(2)17(7-9(3)18)13(19)16-11-6-4-5-10(14)12(11)15/h4-6,8-9,18H,7H2,1-3H3,(H,16,19). The molecule has 0 aromatic heterocycles. The van der Waals surface area contributed by atoms with Crippen molar-refractivity contribution in [3.8, 4) is 0 Å². The molecule has 0 fully saturated rings. The van der Waals surface area contributed by atoms with E-state index < -0.39 is 23.8 Å². The van der Waals surface area contributed by atoms with E-state index in [-0.39, 0.29) is 18.3 Å². The van der Waals surface area contributed by atoms with Crippen LogP contribution in [-0.4, -0.2) is 34.7 Å². The van der Waals surface area contributed by atoms with E-state index in [1.807, 2.05) is 0 Å². The van der Waals surface area contributed by atoms with E-state index in [2.05, 4.69) is 5.32 Å². The second kappa shape index (κ2) is 6.47. The number of nitrogens with one attached hydrogen (secondary N) is 1. The van der Waals surface area contributed by atoms with Gasteiger partial charge in [0.2, 0.25) is 0 Å². The van der Waals surface area contributed by atoms with Crippen molar-refractivity contribution in [3.63, 3.8) is 0 Å². The number of anilines is 1. The molecule has 1 aromatic rings. The van der Waals surface area contributed by atoms with Crippen LogP contribution in [0.25, 0.3) is 0 Å². The van der Waals surface area contributed by atoms with E-state index in [9.17, 15) is 18.7 Å². The molecule has 0 radical (unpaired) electrons. The van der Waals surface area contributed by atoms with Gasteiger partial charge in [-0.1, -0.05) is 6.07 Å². The maximum absolute atomic E-state index is 13.4. The lowest BCUT2D eigenvalue weighted by molar-refractivity contribution is 0.125. The SMILES string of the molecule is CC(O)CN(C(=O)Nc1cccc(F)c1F)C(C)C. The van der Waals surface area contributed by atoms with Gasteiger partial charge in [0.25, 0.3) is 0 Å². The molecular weight excluding hydrogens is 254 g/mol. The van der Waals surface area contributed by atoms with Crippen molar-refractivity contribution >= 4 is 11.7 Å². The molecule has 0 aliphatic rings. The van der Waals surface area contributed by atoms with E-state index >= 15 is 0 Å². The quantitative estimate of drug-likeness (QED) is 0.885. The fourth-order valence-corrected chi connectivity index (χ4v) is 1.60. The number of aliphatic hydroxyl groups excluding tert-OH is 1. The molecule has 0 aliphatic carbocycles. The monoisotopic (exact) mass is 272 g/mol. The van der Waals surface area contributed by atoms with E-state index in [0.717, 1.165) is 6.07 Å². The number of hydrogen-bond acceptors (Lipinski definition) is 2. The lowest BCUT2D eigenvalue weighted by Gasteiger charge is -2.28. The summed E-state index contributed by atoms with van der Waals surface area (Å²) < 4.78 is 26.5. The number of nitrogens with zero attached hydrogens (tertiary/aromatic N) is 1. The van der Waals surface area contributed by atoms with Crippen LogP contribution in [0.1, 0.15) is 20.8 Å². The number of benzene rings is 1. The zero-order chi connectivity index (χ0) is 14.6. The predicted octanol–water partition coefficient (Wildman–Crippen LogP) is 2.59. The highest BCUT2D eigenvalue weighted by Gasteiger charge is 2.20. The molecule has 4 nitrogen and oxygen atoms in total.